The van der Waals surface area contributed by atoms with E-state index in [0.29, 0.717) is 17.9 Å². The van der Waals surface area contributed by atoms with E-state index in [1.54, 1.807) is 0 Å². The molecule has 8 heteroatoms. The summed E-state index contributed by atoms with van der Waals surface area (Å²) < 4.78 is 11.1. The third kappa shape index (κ3) is 7.97. The van der Waals surface area contributed by atoms with Crippen molar-refractivity contribution in [2.75, 3.05) is 60.2 Å². The summed E-state index contributed by atoms with van der Waals surface area (Å²) in [6.07, 6.45) is 4.64. The lowest BCUT2D eigenvalue weighted by Gasteiger charge is -2.39. The van der Waals surface area contributed by atoms with Gasteiger partial charge < -0.3 is 20.1 Å². The molecule has 1 aromatic rings. The summed E-state index contributed by atoms with van der Waals surface area (Å²) >= 11 is 1.87. The quantitative estimate of drug-likeness (QED) is 0.220. The Hall–Kier alpha value is -0.420. The minimum absolute atomic E-state index is 0. The minimum atomic E-state index is 0. The van der Waals surface area contributed by atoms with Crippen LogP contribution in [0.1, 0.15) is 36.6 Å². The number of nitrogens with one attached hydrogen (secondary N) is 2. The van der Waals surface area contributed by atoms with Crippen LogP contribution in [0.25, 0.3) is 0 Å². The Balaban J connectivity index is 0.00000300. The van der Waals surface area contributed by atoms with Crippen molar-refractivity contribution in [3.05, 3.63) is 22.4 Å². The van der Waals surface area contributed by atoms with E-state index in [0.717, 1.165) is 58.3 Å². The zero-order valence-corrected chi connectivity index (χ0v) is 20.9. The van der Waals surface area contributed by atoms with Gasteiger partial charge >= 0.3 is 0 Å². The van der Waals surface area contributed by atoms with Gasteiger partial charge in [0.25, 0.3) is 0 Å². The zero-order chi connectivity index (χ0) is 19.6. The number of nitrogens with zero attached hydrogens (tertiary/aromatic N) is 2. The van der Waals surface area contributed by atoms with Gasteiger partial charge in [0.2, 0.25) is 0 Å². The third-order valence-electron chi connectivity index (χ3n) is 5.73. The molecule has 0 radical (unpaired) electrons. The highest BCUT2D eigenvalue weighted by atomic mass is 127. The maximum atomic E-state index is 5.77. The molecule has 3 atom stereocenters. The predicted octanol–water partition coefficient (Wildman–Crippen LogP) is 3.36. The fourth-order valence-electron chi connectivity index (χ4n) is 4.18. The van der Waals surface area contributed by atoms with Gasteiger partial charge in [-0.05, 0) is 56.6 Å². The first-order chi connectivity index (χ1) is 13.8. The summed E-state index contributed by atoms with van der Waals surface area (Å²) in [4.78, 5) is 8.36. The van der Waals surface area contributed by atoms with E-state index < -0.39 is 0 Å². The van der Waals surface area contributed by atoms with Crippen molar-refractivity contribution in [3.8, 4) is 0 Å². The second-order valence-electron chi connectivity index (χ2n) is 7.88. The van der Waals surface area contributed by atoms with Crippen LogP contribution < -0.4 is 10.6 Å². The van der Waals surface area contributed by atoms with Gasteiger partial charge in [-0.15, -0.1) is 35.3 Å². The minimum Gasteiger partial charge on any atom is -0.381 e. The van der Waals surface area contributed by atoms with E-state index in [1.807, 2.05) is 18.4 Å². The fourth-order valence-corrected chi connectivity index (χ4v) is 5.16. The van der Waals surface area contributed by atoms with Gasteiger partial charge in [-0.3, -0.25) is 9.89 Å². The highest BCUT2D eigenvalue weighted by molar-refractivity contribution is 14.0. The number of halogens is 1. The van der Waals surface area contributed by atoms with E-state index in [-0.39, 0.29) is 24.0 Å². The average molecular weight is 537 g/mol. The van der Waals surface area contributed by atoms with E-state index >= 15 is 0 Å². The summed E-state index contributed by atoms with van der Waals surface area (Å²) in [7, 11) is 4.09. The molecule has 166 valence electrons. The number of rotatable bonds is 9. The molecule has 2 N–H and O–H groups in total. The van der Waals surface area contributed by atoms with Crippen LogP contribution in [0.3, 0.4) is 0 Å². The molecule has 2 fully saturated rings. The summed E-state index contributed by atoms with van der Waals surface area (Å²) in [6.45, 7) is 6.36. The molecule has 2 aliphatic rings. The lowest BCUT2D eigenvalue weighted by atomic mass is 9.88. The van der Waals surface area contributed by atoms with Crippen molar-refractivity contribution >= 4 is 41.3 Å². The van der Waals surface area contributed by atoms with Crippen molar-refractivity contribution < 1.29 is 9.47 Å². The maximum absolute atomic E-state index is 5.77. The molecule has 3 rings (SSSR count). The molecule has 0 aliphatic carbocycles. The highest BCUT2D eigenvalue weighted by Gasteiger charge is 2.31. The van der Waals surface area contributed by atoms with Gasteiger partial charge in [0.05, 0.1) is 13.2 Å². The second-order valence-corrected chi connectivity index (χ2v) is 8.86. The normalized spacial score (nSPS) is 25.6. The molecule has 0 bridgehead atoms. The first-order valence-corrected chi connectivity index (χ1v) is 11.5. The lowest BCUT2D eigenvalue weighted by molar-refractivity contribution is 0.0887. The Morgan fingerprint density at radius 1 is 1.38 bits per heavy atom. The second kappa shape index (κ2) is 13.8. The molecule has 0 amide bonds. The Labute approximate surface area is 196 Å². The van der Waals surface area contributed by atoms with Crippen LogP contribution in [-0.2, 0) is 9.47 Å². The van der Waals surface area contributed by atoms with Gasteiger partial charge in [-0.2, -0.15) is 0 Å². The number of piperidine rings is 1. The number of likely N-dealkylation sites (tertiary alicyclic amines) is 1. The Kier molecular flexibility index (Phi) is 11.8. The van der Waals surface area contributed by atoms with Gasteiger partial charge in [-0.1, -0.05) is 6.07 Å². The summed E-state index contributed by atoms with van der Waals surface area (Å²) in [5, 5.41) is 9.15. The topological polar surface area (TPSA) is 58.1 Å². The molecule has 3 heterocycles. The Morgan fingerprint density at radius 2 is 2.28 bits per heavy atom. The molecule has 2 aliphatic heterocycles. The van der Waals surface area contributed by atoms with Gasteiger partial charge in [0, 0.05) is 50.2 Å². The largest absolute Gasteiger partial charge is 0.381 e. The summed E-state index contributed by atoms with van der Waals surface area (Å²) in [5.74, 6) is 2.09. The van der Waals surface area contributed by atoms with Crippen LogP contribution >= 0.6 is 35.3 Å². The number of thiophene rings is 1. The van der Waals surface area contributed by atoms with Crippen molar-refractivity contribution in [1.82, 2.24) is 15.5 Å². The van der Waals surface area contributed by atoms with Crippen molar-refractivity contribution in [3.63, 3.8) is 0 Å². The van der Waals surface area contributed by atoms with E-state index in [9.17, 15) is 0 Å². The van der Waals surface area contributed by atoms with Crippen LogP contribution in [0.2, 0.25) is 0 Å². The fraction of sp³-hybridized carbons (Fsp3) is 0.762. The SMILES string of the molecule is CN=C(NCCCOCC1CCOC1)NCC1CCCN(C)C1c1cccs1.I. The number of guanidine groups is 1. The average Bonchev–Trinajstić information content (AvgIpc) is 3.41. The van der Waals surface area contributed by atoms with Crippen LogP contribution in [0, 0.1) is 11.8 Å². The monoisotopic (exact) mass is 536 g/mol. The molecule has 6 nitrogen and oxygen atoms in total. The van der Waals surface area contributed by atoms with E-state index in [1.165, 1.54) is 24.3 Å². The number of hydrogen-bond acceptors (Lipinski definition) is 5. The first-order valence-electron chi connectivity index (χ1n) is 10.6. The van der Waals surface area contributed by atoms with Crippen LogP contribution in [0.5, 0.6) is 0 Å². The van der Waals surface area contributed by atoms with Crippen molar-refractivity contribution in [2.45, 2.75) is 31.7 Å². The summed E-state index contributed by atoms with van der Waals surface area (Å²) in [5.41, 5.74) is 0. The van der Waals surface area contributed by atoms with Crippen molar-refractivity contribution in [1.29, 1.82) is 0 Å². The van der Waals surface area contributed by atoms with Gasteiger partial charge in [0.1, 0.15) is 0 Å². The smallest absolute Gasteiger partial charge is 0.190 e. The molecule has 2 saturated heterocycles. The van der Waals surface area contributed by atoms with Crippen molar-refractivity contribution in [2.24, 2.45) is 16.8 Å². The Bertz CT molecular complexity index is 581. The number of ether oxygens (including phenoxy) is 2. The predicted molar refractivity (Wildman–Crippen MR) is 132 cm³/mol. The molecule has 1 aromatic heterocycles. The Morgan fingerprint density at radius 3 is 3.00 bits per heavy atom. The zero-order valence-electron chi connectivity index (χ0n) is 17.8. The summed E-state index contributed by atoms with van der Waals surface area (Å²) in [6, 6.07) is 4.94. The van der Waals surface area contributed by atoms with E-state index in [2.05, 4.69) is 45.1 Å². The molecular formula is C21H37IN4O2S. The number of aliphatic imine (C=N–C) groups is 1. The molecular weight excluding hydrogens is 499 g/mol. The third-order valence-corrected chi connectivity index (χ3v) is 6.68. The van der Waals surface area contributed by atoms with Gasteiger partial charge in [0.15, 0.2) is 5.96 Å². The highest BCUT2D eigenvalue weighted by Crippen LogP contribution is 2.36. The molecule has 0 saturated carbocycles. The van der Waals surface area contributed by atoms with Crippen LogP contribution in [0.4, 0.5) is 0 Å². The van der Waals surface area contributed by atoms with Gasteiger partial charge in [-0.25, -0.2) is 0 Å². The van der Waals surface area contributed by atoms with Crippen LogP contribution in [0.15, 0.2) is 22.5 Å². The van der Waals surface area contributed by atoms with E-state index in [4.69, 9.17) is 9.47 Å². The first kappa shape index (κ1) is 24.8. The molecule has 0 spiro atoms. The molecule has 29 heavy (non-hydrogen) atoms. The molecule has 0 aromatic carbocycles. The van der Waals surface area contributed by atoms with Crippen LogP contribution in [-0.4, -0.2) is 71.0 Å². The maximum Gasteiger partial charge on any atom is 0.190 e. The number of hydrogen-bond donors (Lipinski definition) is 2. The lowest BCUT2D eigenvalue weighted by Crippen LogP contribution is -2.45. The molecule has 3 unspecified atom stereocenters. The standard InChI is InChI=1S/C21H36N4O2S.HI/c1-22-21(23-9-5-11-26-15-17-8-12-27-16-17)24-14-18-6-3-10-25(2)20(18)19-7-4-13-28-19;/h4,7,13,17-18,20H,3,5-6,8-12,14-16H2,1-2H3,(H2,22,23,24);1H.